The van der Waals surface area contributed by atoms with Gasteiger partial charge in [0.2, 0.25) is 0 Å². The molecule has 0 heterocycles. The van der Waals surface area contributed by atoms with Gasteiger partial charge in [-0.3, -0.25) is 10.4 Å². The third kappa shape index (κ3) is 1.62. The lowest BCUT2D eigenvalue weighted by atomic mass is 9.86. The molecule has 1 rings (SSSR count). The van der Waals surface area contributed by atoms with E-state index in [2.05, 4.69) is 18.8 Å². The third-order valence-electron chi connectivity index (χ3n) is 2.38. The summed E-state index contributed by atoms with van der Waals surface area (Å²) in [5, 5.41) is 7.98. The maximum atomic E-state index is 7.98. The molecule has 3 nitrogen and oxygen atoms in total. The SMILES string of the molecule is C/N=C1\C(=N)C(C(C)C)=C(C)C=C1N. The fourth-order valence-corrected chi connectivity index (χ4v) is 1.83. The van der Waals surface area contributed by atoms with Gasteiger partial charge < -0.3 is 5.73 Å². The highest BCUT2D eigenvalue weighted by atomic mass is 14.8. The fraction of sp³-hybridized carbons (Fsp3) is 0.455. The zero-order valence-corrected chi connectivity index (χ0v) is 9.18. The second kappa shape index (κ2) is 3.78. The van der Waals surface area contributed by atoms with Crippen LogP contribution in [0.4, 0.5) is 0 Å². The van der Waals surface area contributed by atoms with E-state index in [1.807, 2.05) is 13.0 Å². The van der Waals surface area contributed by atoms with Gasteiger partial charge in [0.05, 0.1) is 11.4 Å². The van der Waals surface area contributed by atoms with Gasteiger partial charge in [-0.2, -0.15) is 0 Å². The van der Waals surface area contributed by atoms with Gasteiger partial charge in [0.15, 0.2) is 0 Å². The molecule has 0 aromatic rings. The fourth-order valence-electron chi connectivity index (χ4n) is 1.83. The van der Waals surface area contributed by atoms with Crippen molar-refractivity contribution < 1.29 is 0 Å². The second-order valence-corrected chi connectivity index (χ2v) is 3.80. The van der Waals surface area contributed by atoms with E-state index in [4.69, 9.17) is 11.1 Å². The molecule has 3 heteroatoms. The van der Waals surface area contributed by atoms with Crippen LogP contribution >= 0.6 is 0 Å². The highest BCUT2D eigenvalue weighted by Crippen LogP contribution is 2.23. The monoisotopic (exact) mass is 191 g/mol. The summed E-state index contributed by atoms with van der Waals surface area (Å²) in [5.41, 5.74) is 9.59. The first-order valence-corrected chi connectivity index (χ1v) is 4.73. The quantitative estimate of drug-likeness (QED) is 0.611. The molecular weight excluding hydrogens is 174 g/mol. The third-order valence-corrected chi connectivity index (χ3v) is 2.38. The molecule has 0 spiro atoms. The number of allylic oxidation sites excluding steroid dienone is 4. The van der Waals surface area contributed by atoms with Gasteiger partial charge in [-0.15, -0.1) is 0 Å². The van der Waals surface area contributed by atoms with Crippen LogP contribution in [0, 0.1) is 11.3 Å². The summed E-state index contributed by atoms with van der Waals surface area (Å²) in [6.45, 7) is 6.15. The topological polar surface area (TPSA) is 62.2 Å². The van der Waals surface area contributed by atoms with Gasteiger partial charge in [-0.05, 0) is 30.1 Å². The van der Waals surface area contributed by atoms with Crippen molar-refractivity contribution in [1.82, 2.24) is 0 Å². The molecule has 0 fully saturated rings. The van der Waals surface area contributed by atoms with Crippen LogP contribution in [0.5, 0.6) is 0 Å². The molecule has 0 saturated heterocycles. The van der Waals surface area contributed by atoms with E-state index < -0.39 is 0 Å². The lowest BCUT2D eigenvalue weighted by molar-refractivity contribution is 0.794. The predicted molar refractivity (Wildman–Crippen MR) is 60.9 cm³/mol. The number of nitrogens with two attached hydrogens (primary N) is 1. The van der Waals surface area contributed by atoms with Crippen LogP contribution in [0.15, 0.2) is 27.9 Å². The maximum Gasteiger partial charge on any atom is 0.105 e. The first-order chi connectivity index (χ1) is 6.49. The zero-order chi connectivity index (χ0) is 10.9. The van der Waals surface area contributed by atoms with E-state index in [1.54, 1.807) is 7.05 Å². The largest absolute Gasteiger partial charge is 0.397 e. The van der Waals surface area contributed by atoms with Gasteiger partial charge in [-0.25, -0.2) is 0 Å². The van der Waals surface area contributed by atoms with Gasteiger partial charge in [0.1, 0.15) is 5.71 Å². The van der Waals surface area contributed by atoms with Crippen LogP contribution in [-0.4, -0.2) is 18.5 Å². The Balaban J connectivity index is 3.29. The Labute approximate surface area is 84.9 Å². The molecule has 3 N–H and O–H groups in total. The summed E-state index contributed by atoms with van der Waals surface area (Å²) in [5.74, 6) is 0.337. The molecule has 0 unspecified atom stereocenters. The number of rotatable bonds is 1. The molecule has 1 aliphatic carbocycles. The van der Waals surface area contributed by atoms with Crippen LogP contribution in [-0.2, 0) is 0 Å². The van der Waals surface area contributed by atoms with E-state index >= 15 is 0 Å². The Morgan fingerprint density at radius 2 is 2.00 bits per heavy atom. The van der Waals surface area contributed by atoms with Crippen LogP contribution in [0.3, 0.4) is 0 Å². The van der Waals surface area contributed by atoms with Crippen molar-refractivity contribution in [3.8, 4) is 0 Å². The molecule has 0 atom stereocenters. The zero-order valence-electron chi connectivity index (χ0n) is 9.18. The van der Waals surface area contributed by atoms with Crippen LogP contribution in [0.1, 0.15) is 20.8 Å². The van der Waals surface area contributed by atoms with Crippen molar-refractivity contribution in [2.45, 2.75) is 20.8 Å². The number of aliphatic imine (C=N–C) groups is 1. The molecule has 0 bridgehead atoms. The molecule has 0 amide bonds. The van der Waals surface area contributed by atoms with Crippen molar-refractivity contribution >= 4 is 11.4 Å². The molecule has 0 aromatic carbocycles. The number of hydrogen-bond donors (Lipinski definition) is 2. The Bertz CT molecular complexity index is 357. The lowest BCUT2D eigenvalue weighted by Gasteiger charge is -2.21. The van der Waals surface area contributed by atoms with E-state index in [0.717, 1.165) is 11.1 Å². The first kappa shape index (κ1) is 10.7. The minimum absolute atomic E-state index is 0.337. The van der Waals surface area contributed by atoms with Gasteiger partial charge in [-0.1, -0.05) is 13.8 Å². The van der Waals surface area contributed by atoms with E-state index in [-0.39, 0.29) is 0 Å². The molecule has 1 aliphatic rings. The van der Waals surface area contributed by atoms with Crippen LogP contribution in [0.2, 0.25) is 0 Å². The Hall–Kier alpha value is -1.38. The van der Waals surface area contributed by atoms with Gasteiger partial charge >= 0.3 is 0 Å². The number of nitrogens with one attached hydrogen (secondary N) is 1. The molecule has 14 heavy (non-hydrogen) atoms. The lowest BCUT2D eigenvalue weighted by Crippen LogP contribution is -2.28. The van der Waals surface area contributed by atoms with Gasteiger partial charge in [0, 0.05) is 7.05 Å². The summed E-state index contributed by atoms with van der Waals surface area (Å²) in [6.07, 6.45) is 1.90. The number of hydrogen-bond acceptors (Lipinski definition) is 3. The Kier molecular flexibility index (Phi) is 2.89. The summed E-state index contributed by atoms with van der Waals surface area (Å²) in [6, 6.07) is 0. The molecule has 76 valence electrons. The Morgan fingerprint density at radius 3 is 2.43 bits per heavy atom. The van der Waals surface area contributed by atoms with Crippen LogP contribution < -0.4 is 5.73 Å². The van der Waals surface area contributed by atoms with Gasteiger partial charge in [0.25, 0.3) is 0 Å². The molecular formula is C11H17N3. The summed E-state index contributed by atoms with van der Waals surface area (Å²) >= 11 is 0. The van der Waals surface area contributed by atoms with E-state index in [1.165, 1.54) is 0 Å². The molecule has 0 aliphatic heterocycles. The first-order valence-electron chi connectivity index (χ1n) is 4.73. The van der Waals surface area contributed by atoms with Crippen molar-refractivity contribution in [3.63, 3.8) is 0 Å². The van der Waals surface area contributed by atoms with E-state index in [0.29, 0.717) is 23.0 Å². The van der Waals surface area contributed by atoms with Crippen molar-refractivity contribution in [3.05, 3.63) is 22.9 Å². The molecule has 0 saturated carbocycles. The number of nitrogens with zero attached hydrogens (tertiary/aromatic N) is 1. The Morgan fingerprint density at radius 1 is 1.43 bits per heavy atom. The smallest absolute Gasteiger partial charge is 0.105 e. The predicted octanol–water partition coefficient (Wildman–Crippen LogP) is 1.91. The summed E-state index contributed by atoms with van der Waals surface area (Å²) in [7, 11) is 1.67. The van der Waals surface area contributed by atoms with Crippen molar-refractivity contribution in [2.75, 3.05) is 7.05 Å². The normalized spacial score (nSPS) is 20.8. The van der Waals surface area contributed by atoms with E-state index in [9.17, 15) is 0 Å². The molecule has 0 radical (unpaired) electrons. The van der Waals surface area contributed by atoms with Crippen LogP contribution in [0.25, 0.3) is 0 Å². The summed E-state index contributed by atoms with van der Waals surface area (Å²) < 4.78 is 0. The highest BCUT2D eigenvalue weighted by Gasteiger charge is 2.22. The molecule has 0 aromatic heterocycles. The maximum absolute atomic E-state index is 7.98. The van der Waals surface area contributed by atoms with Crippen molar-refractivity contribution in [1.29, 1.82) is 5.41 Å². The average Bonchev–Trinajstić information content (AvgIpc) is 2.02. The highest BCUT2D eigenvalue weighted by molar-refractivity contribution is 6.53. The minimum atomic E-state index is 0.337. The standard InChI is InChI=1S/C11H17N3/c1-6(2)9-7(3)5-8(12)11(14-4)10(9)13/h5-6,13H,12H2,1-4H3/b13-10?,14-11-. The second-order valence-electron chi connectivity index (χ2n) is 3.80. The van der Waals surface area contributed by atoms with Crippen molar-refractivity contribution in [2.24, 2.45) is 16.6 Å². The summed E-state index contributed by atoms with van der Waals surface area (Å²) in [4.78, 5) is 4.04. The minimum Gasteiger partial charge on any atom is -0.397 e. The average molecular weight is 191 g/mol.